The number of amides is 1. The van der Waals surface area contributed by atoms with Gasteiger partial charge in [-0.15, -0.1) is 0 Å². The van der Waals surface area contributed by atoms with Crippen LogP contribution in [0.1, 0.15) is 19.8 Å². The lowest BCUT2D eigenvalue weighted by Crippen LogP contribution is -2.35. The van der Waals surface area contributed by atoms with Crippen LogP contribution in [0.3, 0.4) is 0 Å². The summed E-state index contributed by atoms with van der Waals surface area (Å²) in [6.07, 6.45) is 2.19. The highest BCUT2D eigenvalue weighted by molar-refractivity contribution is 7.22. The van der Waals surface area contributed by atoms with Gasteiger partial charge in [0.15, 0.2) is 5.13 Å². The van der Waals surface area contributed by atoms with Gasteiger partial charge in [-0.25, -0.2) is 4.98 Å². The van der Waals surface area contributed by atoms with Crippen LogP contribution in [0.2, 0.25) is 0 Å². The fourth-order valence-electron chi connectivity index (χ4n) is 2.47. The van der Waals surface area contributed by atoms with Crippen LogP contribution in [0.4, 0.5) is 5.13 Å². The van der Waals surface area contributed by atoms with E-state index in [0.29, 0.717) is 6.54 Å². The molecule has 0 radical (unpaired) electrons. The van der Waals surface area contributed by atoms with Gasteiger partial charge in [0.05, 0.1) is 30.0 Å². The number of hydrogen-bond acceptors (Lipinski definition) is 5. The molecule has 0 aliphatic carbocycles. The Bertz CT molecular complexity index is 649. The summed E-state index contributed by atoms with van der Waals surface area (Å²) in [7, 11) is 1.63. The number of methoxy groups -OCH3 is 1. The number of carbonyl (C=O) groups excluding carboxylic acids is 1. The molecule has 0 spiro atoms. The van der Waals surface area contributed by atoms with Crippen molar-refractivity contribution in [3.8, 4) is 5.75 Å². The summed E-state index contributed by atoms with van der Waals surface area (Å²) in [6, 6.07) is 5.77. The maximum absolute atomic E-state index is 11.9. The van der Waals surface area contributed by atoms with Crippen molar-refractivity contribution in [1.82, 2.24) is 4.98 Å². The van der Waals surface area contributed by atoms with E-state index in [0.717, 1.165) is 40.5 Å². The Balaban J connectivity index is 1.89. The maximum Gasteiger partial charge on any atom is 0.225 e. The minimum atomic E-state index is -0.00322. The average molecular weight is 306 g/mol. The van der Waals surface area contributed by atoms with Crippen molar-refractivity contribution in [3.63, 3.8) is 0 Å². The number of anilines is 1. The molecule has 3 rings (SSSR count). The van der Waals surface area contributed by atoms with Crippen molar-refractivity contribution >= 4 is 32.6 Å². The molecule has 2 aromatic rings. The molecule has 1 aliphatic heterocycles. The van der Waals surface area contributed by atoms with E-state index >= 15 is 0 Å². The van der Waals surface area contributed by atoms with Crippen molar-refractivity contribution in [1.29, 1.82) is 0 Å². The highest BCUT2D eigenvalue weighted by Gasteiger charge is 2.24. The Morgan fingerprint density at radius 1 is 1.57 bits per heavy atom. The Kier molecular flexibility index (Phi) is 4.07. The summed E-state index contributed by atoms with van der Waals surface area (Å²) in [5.74, 6) is 0.768. The molecule has 1 atom stereocenters. The first-order chi connectivity index (χ1) is 10.2. The molecule has 1 aromatic carbocycles. The molecule has 21 heavy (non-hydrogen) atoms. The van der Waals surface area contributed by atoms with Crippen LogP contribution in [0.15, 0.2) is 18.2 Å². The Morgan fingerprint density at radius 3 is 3.10 bits per heavy atom. The highest BCUT2D eigenvalue weighted by atomic mass is 32.1. The number of benzene rings is 1. The molecule has 1 amide bonds. The second-order valence-corrected chi connectivity index (χ2v) is 6.10. The molecule has 112 valence electrons. The quantitative estimate of drug-likeness (QED) is 0.871. The molecule has 6 heteroatoms. The van der Waals surface area contributed by atoms with E-state index in [1.54, 1.807) is 18.9 Å². The molecular weight excluding hydrogens is 288 g/mol. The average Bonchev–Trinajstić information content (AvgIpc) is 3.12. The first-order valence-electron chi connectivity index (χ1n) is 7.01. The first kappa shape index (κ1) is 14.3. The van der Waals surface area contributed by atoms with Gasteiger partial charge in [-0.3, -0.25) is 9.69 Å². The van der Waals surface area contributed by atoms with Crippen LogP contribution in [0.5, 0.6) is 5.75 Å². The van der Waals surface area contributed by atoms with Gasteiger partial charge in [0.2, 0.25) is 5.91 Å². The molecule has 0 unspecified atom stereocenters. The summed E-state index contributed by atoms with van der Waals surface area (Å²) in [5.41, 5.74) is 0.855. The van der Waals surface area contributed by atoms with Crippen LogP contribution in [-0.4, -0.2) is 37.3 Å². The fraction of sp³-hybridized carbons (Fsp3) is 0.467. The summed E-state index contributed by atoms with van der Waals surface area (Å²) < 4.78 is 11.9. The van der Waals surface area contributed by atoms with Crippen LogP contribution in [0.25, 0.3) is 10.2 Å². The van der Waals surface area contributed by atoms with Crippen molar-refractivity contribution < 1.29 is 14.3 Å². The van der Waals surface area contributed by atoms with Crippen molar-refractivity contribution in [3.05, 3.63) is 18.2 Å². The third-order valence-corrected chi connectivity index (χ3v) is 4.66. The summed E-state index contributed by atoms with van der Waals surface area (Å²) >= 11 is 1.52. The number of thiazole rings is 1. The van der Waals surface area contributed by atoms with Gasteiger partial charge in [-0.2, -0.15) is 0 Å². The number of fused-ring (bicyclic) bond motifs is 1. The molecule has 0 bridgehead atoms. The van der Waals surface area contributed by atoms with Crippen molar-refractivity contribution in [2.24, 2.45) is 0 Å². The smallest absolute Gasteiger partial charge is 0.225 e. The van der Waals surface area contributed by atoms with Crippen molar-refractivity contribution in [2.75, 3.05) is 25.2 Å². The van der Waals surface area contributed by atoms with E-state index in [9.17, 15) is 4.79 Å². The van der Waals surface area contributed by atoms with Crippen LogP contribution < -0.4 is 9.64 Å². The Labute approximate surface area is 127 Å². The van der Waals surface area contributed by atoms with Crippen molar-refractivity contribution in [2.45, 2.75) is 25.9 Å². The Morgan fingerprint density at radius 2 is 2.43 bits per heavy atom. The van der Waals surface area contributed by atoms with Gasteiger partial charge in [-0.05, 0) is 25.0 Å². The van der Waals surface area contributed by atoms with Crippen LogP contribution in [-0.2, 0) is 9.53 Å². The lowest BCUT2D eigenvalue weighted by Gasteiger charge is -2.21. The number of carbonyl (C=O) groups is 1. The van der Waals surface area contributed by atoms with E-state index in [-0.39, 0.29) is 12.0 Å². The molecule has 5 nitrogen and oxygen atoms in total. The molecule has 1 fully saturated rings. The molecule has 0 N–H and O–H groups in total. The summed E-state index contributed by atoms with van der Waals surface area (Å²) in [4.78, 5) is 18.2. The topological polar surface area (TPSA) is 51.7 Å². The summed E-state index contributed by atoms with van der Waals surface area (Å²) in [6.45, 7) is 2.93. The standard InChI is InChI=1S/C15H18N2O3S/c1-10(18)17(9-12-4-3-7-20-12)15-16-13-8-11(19-2)5-6-14(13)21-15/h5-6,8,12H,3-4,7,9H2,1-2H3/t12-/m1/s1. The number of nitrogens with zero attached hydrogens (tertiary/aromatic N) is 2. The van der Waals surface area contributed by atoms with Gasteiger partial charge < -0.3 is 9.47 Å². The molecule has 1 aromatic heterocycles. The van der Waals surface area contributed by atoms with Crippen LogP contribution in [0, 0.1) is 0 Å². The van der Waals surface area contributed by atoms with Gasteiger partial charge >= 0.3 is 0 Å². The third-order valence-electron chi connectivity index (χ3n) is 3.60. The molecule has 1 saturated heterocycles. The zero-order valence-corrected chi connectivity index (χ0v) is 13.0. The zero-order valence-electron chi connectivity index (χ0n) is 12.2. The van der Waals surface area contributed by atoms with E-state index < -0.39 is 0 Å². The molecule has 1 aliphatic rings. The van der Waals surface area contributed by atoms with E-state index in [1.165, 1.54) is 11.3 Å². The van der Waals surface area contributed by atoms with Gasteiger partial charge in [0.1, 0.15) is 5.75 Å². The Hall–Kier alpha value is -1.66. The lowest BCUT2D eigenvalue weighted by molar-refractivity contribution is -0.116. The monoisotopic (exact) mass is 306 g/mol. The predicted molar refractivity (Wildman–Crippen MR) is 83.2 cm³/mol. The third kappa shape index (κ3) is 3.01. The van der Waals surface area contributed by atoms with Gasteiger partial charge in [-0.1, -0.05) is 11.3 Å². The fourth-order valence-corrected chi connectivity index (χ4v) is 3.47. The molecule has 0 saturated carbocycles. The second-order valence-electron chi connectivity index (χ2n) is 5.09. The number of aromatic nitrogens is 1. The zero-order chi connectivity index (χ0) is 14.8. The first-order valence-corrected chi connectivity index (χ1v) is 7.83. The highest BCUT2D eigenvalue weighted by Crippen LogP contribution is 2.32. The predicted octanol–water partition coefficient (Wildman–Crippen LogP) is 2.84. The minimum Gasteiger partial charge on any atom is -0.497 e. The number of ether oxygens (including phenoxy) is 2. The summed E-state index contributed by atoms with van der Waals surface area (Å²) in [5, 5.41) is 0.723. The van der Waals surface area contributed by atoms with Gasteiger partial charge in [0, 0.05) is 19.6 Å². The second kappa shape index (κ2) is 5.99. The molecular formula is C15H18N2O3S. The number of rotatable bonds is 4. The SMILES string of the molecule is COc1ccc2sc(N(C[C@H]3CCCO3)C(C)=O)nc2c1. The minimum absolute atomic E-state index is 0.00322. The van der Waals surface area contributed by atoms with E-state index in [4.69, 9.17) is 9.47 Å². The largest absolute Gasteiger partial charge is 0.497 e. The van der Waals surface area contributed by atoms with E-state index in [2.05, 4.69) is 4.98 Å². The lowest BCUT2D eigenvalue weighted by atomic mass is 10.2. The van der Waals surface area contributed by atoms with Crippen LogP contribution >= 0.6 is 11.3 Å². The van der Waals surface area contributed by atoms with Gasteiger partial charge in [0.25, 0.3) is 0 Å². The number of hydrogen-bond donors (Lipinski definition) is 0. The molecule has 2 heterocycles. The normalized spacial score (nSPS) is 18.1. The van der Waals surface area contributed by atoms with E-state index in [1.807, 2.05) is 18.2 Å². The maximum atomic E-state index is 11.9.